The van der Waals surface area contributed by atoms with Crippen molar-refractivity contribution in [1.29, 1.82) is 0 Å². The van der Waals surface area contributed by atoms with Gasteiger partial charge in [0.1, 0.15) is 19.3 Å². The summed E-state index contributed by atoms with van der Waals surface area (Å²) >= 11 is 0. The first-order chi connectivity index (χ1) is 16.4. The number of nitrogens with zero attached hydrogens (tertiary/aromatic N) is 3. The summed E-state index contributed by atoms with van der Waals surface area (Å²) in [6, 6.07) is 11.5. The monoisotopic (exact) mass is 465 g/mol. The van der Waals surface area contributed by atoms with Crippen molar-refractivity contribution in [1.82, 2.24) is 9.58 Å². The minimum Gasteiger partial charge on any atom is -0.502 e. The van der Waals surface area contributed by atoms with E-state index < -0.39 is 40.8 Å². The number of hydrogen-bond acceptors (Lipinski definition) is 5. The van der Waals surface area contributed by atoms with Gasteiger partial charge in [-0.2, -0.15) is 4.39 Å². The summed E-state index contributed by atoms with van der Waals surface area (Å²) in [5, 5.41) is 12.3. The van der Waals surface area contributed by atoms with Gasteiger partial charge >= 0.3 is 0 Å². The molecule has 0 fully saturated rings. The van der Waals surface area contributed by atoms with Gasteiger partial charge < -0.3 is 14.7 Å². The topological polar surface area (TPSA) is 75.0 Å². The van der Waals surface area contributed by atoms with Crippen LogP contribution >= 0.6 is 0 Å². The van der Waals surface area contributed by atoms with Crippen molar-refractivity contribution >= 4 is 5.91 Å². The van der Waals surface area contributed by atoms with Gasteiger partial charge in [-0.1, -0.05) is 36.4 Å². The summed E-state index contributed by atoms with van der Waals surface area (Å²) in [5.41, 5.74) is 0.134. The van der Waals surface area contributed by atoms with E-state index in [-0.39, 0.29) is 24.7 Å². The normalized spacial score (nSPS) is 20.6. The molecule has 3 heterocycles. The summed E-state index contributed by atoms with van der Waals surface area (Å²) in [4.78, 5) is 27.1. The number of pyridine rings is 1. The molecular formula is C25H21F2N3O4. The average molecular weight is 465 g/mol. The van der Waals surface area contributed by atoms with E-state index in [1.165, 1.54) is 21.8 Å². The number of ether oxygens (including phenoxy) is 1. The maximum Gasteiger partial charge on any atom is 0.278 e. The second kappa shape index (κ2) is 8.33. The van der Waals surface area contributed by atoms with Gasteiger partial charge in [0.2, 0.25) is 11.2 Å². The van der Waals surface area contributed by atoms with Crippen LogP contribution in [0.5, 0.6) is 11.5 Å². The van der Waals surface area contributed by atoms with Crippen molar-refractivity contribution in [2.75, 3.05) is 18.3 Å². The molecule has 34 heavy (non-hydrogen) atoms. The average Bonchev–Trinajstić information content (AvgIpc) is 2.86. The molecule has 0 aliphatic carbocycles. The molecule has 0 unspecified atom stereocenters. The van der Waals surface area contributed by atoms with E-state index in [2.05, 4.69) is 0 Å². The van der Waals surface area contributed by atoms with Crippen LogP contribution in [-0.4, -0.2) is 39.9 Å². The molecule has 0 saturated carbocycles. The Morgan fingerprint density at radius 2 is 1.82 bits per heavy atom. The van der Waals surface area contributed by atoms with Gasteiger partial charge in [-0.05, 0) is 30.7 Å². The molecule has 2 aromatic carbocycles. The van der Waals surface area contributed by atoms with Crippen LogP contribution in [0.3, 0.4) is 0 Å². The largest absolute Gasteiger partial charge is 0.502 e. The highest BCUT2D eigenvalue weighted by molar-refractivity contribution is 5.96. The molecule has 9 heteroatoms. The third-order valence-corrected chi connectivity index (χ3v) is 6.11. The van der Waals surface area contributed by atoms with Crippen LogP contribution in [0, 0.1) is 11.6 Å². The predicted molar refractivity (Wildman–Crippen MR) is 120 cm³/mol. The van der Waals surface area contributed by atoms with E-state index in [4.69, 9.17) is 4.74 Å². The van der Waals surface area contributed by atoms with E-state index >= 15 is 0 Å². The Kier molecular flexibility index (Phi) is 5.31. The number of amides is 1. The van der Waals surface area contributed by atoms with Gasteiger partial charge in [-0.15, -0.1) is 0 Å². The standard InChI is InChI=1S/C25H21F2N3O4/c1-15-6-5-13-34-24-17(9-10-18(26)20(24)27)21(16-7-3-2-4-8-16)30-14-28(15)25(33)22-23(32)19(31)11-12-29(22)30/h2-12,15,21,32H,13-14H2,1H3/b6-5-/t15-,21-/m0/s1. The first kappa shape index (κ1) is 21.7. The van der Waals surface area contributed by atoms with Gasteiger partial charge in [0.15, 0.2) is 23.0 Å². The predicted octanol–water partition coefficient (Wildman–Crippen LogP) is 3.31. The summed E-state index contributed by atoms with van der Waals surface area (Å²) in [6.45, 7) is 1.78. The Hall–Kier alpha value is -4.14. The Balaban J connectivity index is 1.84. The first-order valence-electron chi connectivity index (χ1n) is 10.7. The molecule has 0 saturated heterocycles. The highest BCUT2D eigenvalue weighted by atomic mass is 19.2. The minimum atomic E-state index is -1.12. The van der Waals surface area contributed by atoms with Crippen LogP contribution < -0.4 is 15.2 Å². The Morgan fingerprint density at radius 3 is 2.59 bits per heavy atom. The van der Waals surface area contributed by atoms with Gasteiger partial charge in [-0.3, -0.25) is 19.3 Å². The summed E-state index contributed by atoms with van der Waals surface area (Å²) in [5.74, 6) is -3.62. The van der Waals surface area contributed by atoms with Gasteiger partial charge in [0, 0.05) is 23.9 Å². The highest BCUT2D eigenvalue weighted by Crippen LogP contribution is 2.39. The lowest BCUT2D eigenvalue weighted by atomic mass is 9.96. The van der Waals surface area contributed by atoms with Crippen molar-refractivity contribution in [3.05, 3.63) is 106 Å². The fraction of sp³-hybridized carbons (Fsp3) is 0.200. The van der Waals surface area contributed by atoms with E-state index in [1.807, 2.05) is 30.3 Å². The van der Waals surface area contributed by atoms with Gasteiger partial charge in [0.05, 0.1) is 0 Å². The molecule has 2 atom stereocenters. The third-order valence-electron chi connectivity index (χ3n) is 6.11. The summed E-state index contributed by atoms with van der Waals surface area (Å²) in [7, 11) is 0. The molecular weight excluding hydrogens is 444 g/mol. The molecule has 7 nitrogen and oxygen atoms in total. The molecule has 0 spiro atoms. The number of fused-ring (bicyclic) bond motifs is 5. The van der Waals surface area contributed by atoms with E-state index in [0.717, 1.165) is 12.1 Å². The lowest BCUT2D eigenvalue weighted by Crippen LogP contribution is -2.57. The zero-order chi connectivity index (χ0) is 24.0. The molecule has 2 bridgehead atoms. The lowest BCUT2D eigenvalue weighted by molar-refractivity contribution is 0.0643. The number of carbonyl (C=O) groups excluding carboxylic acids is 1. The number of hydrogen-bond donors (Lipinski definition) is 1. The third kappa shape index (κ3) is 3.40. The number of benzene rings is 2. The quantitative estimate of drug-likeness (QED) is 0.559. The van der Waals surface area contributed by atoms with Crippen molar-refractivity contribution in [3.63, 3.8) is 0 Å². The molecule has 2 aliphatic heterocycles. The van der Waals surface area contributed by atoms with Crippen LogP contribution in [0.4, 0.5) is 8.78 Å². The maximum absolute atomic E-state index is 15.0. The molecule has 5 rings (SSSR count). The zero-order valence-electron chi connectivity index (χ0n) is 18.2. The van der Waals surface area contributed by atoms with Crippen LogP contribution in [-0.2, 0) is 0 Å². The number of rotatable bonds is 1. The first-order valence-corrected chi connectivity index (χ1v) is 10.7. The molecule has 1 amide bonds. The fourth-order valence-electron chi connectivity index (χ4n) is 4.42. The van der Waals surface area contributed by atoms with E-state index in [0.29, 0.717) is 11.1 Å². The van der Waals surface area contributed by atoms with Gasteiger partial charge in [-0.25, -0.2) is 4.39 Å². The van der Waals surface area contributed by atoms with Crippen molar-refractivity contribution in [2.45, 2.75) is 19.0 Å². The SMILES string of the molecule is C[C@H]1/C=C\COc2c(ccc(F)c2F)[C@H](c2ccccc2)N2CN1C(=O)c1c(O)c(=O)ccn12. The Morgan fingerprint density at radius 1 is 1.06 bits per heavy atom. The second-order valence-electron chi connectivity index (χ2n) is 8.15. The fourth-order valence-corrected chi connectivity index (χ4v) is 4.42. The number of aromatic nitrogens is 1. The summed E-state index contributed by atoms with van der Waals surface area (Å²) in [6.07, 6.45) is 4.71. The van der Waals surface area contributed by atoms with Crippen LogP contribution in [0.25, 0.3) is 0 Å². The van der Waals surface area contributed by atoms with Crippen LogP contribution in [0.1, 0.15) is 34.6 Å². The highest BCUT2D eigenvalue weighted by Gasteiger charge is 2.39. The smallest absolute Gasteiger partial charge is 0.278 e. The minimum absolute atomic E-state index is 0.0393. The molecule has 2 aliphatic rings. The van der Waals surface area contributed by atoms with E-state index in [1.54, 1.807) is 24.1 Å². The van der Waals surface area contributed by atoms with Crippen molar-refractivity contribution < 1.29 is 23.4 Å². The molecule has 1 N–H and O–H groups in total. The Labute approximate surface area is 193 Å². The zero-order valence-corrected chi connectivity index (χ0v) is 18.2. The van der Waals surface area contributed by atoms with Crippen molar-refractivity contribution in [3.8, 4) is 11.5 Å². The number of carbonyl (C=O) groups is 1. The molecule has 1 aromatic heterocycles. The lowest BCUT2D eigenvalue weighted by Gasteiger charge is -2.45. The molecule has 3 aromatic rings. The molecule has 0 radical (unpaired) electrons. The number of halogens is 2. The van der Waals surface area contributed by atoms with E-state index in [9.17, 15) is 23.5 Å². The number of aromatic hydroxyl groups is 1. The molecule has 174 valence electrons. The maximum atomic E-state index is 15.0. The van der Waals surface area contributed by atoms with Gasteiger partial charge in [0.25, 0.3) is 5.91 Å². The Bertz CT molecular complexity index is 1360. The summed E-state index contributed by atoms with van der Waals surface area (Å²) < 4.78 is 36.3. The van der Waals surface area contributed by atoms with Crippen molar-refractivity contribution in [2.24, 2.45) is 0 Å². The second-order valence-corrected chi connectivity index (χ2v) is 8.15. The van der Waals surface area contributed by atoms with Crippen LogP contribution in [0.2, 0.25) is 0 Å². The van der Waals surface area contributed by atoms with Crippen LogP contribution in [0.15, 0.2) is 71.7 Å².